The largest absolute Gasteiger partial charge is 0.398 e. The van der Waals surface area contributed by atoms with E-state index in [0.29, 0.717) is 17.4 Å². The quantitative estimate of drug-likeness (QED) is 0.775. The molecular formula is C20H21N3O. The molecule has 0 saturated heterocycles. The van der Waals surface area contributed by atoms with Crippen LogP contribution in [0.1, 0.15) is 33.7 Å². The summed E-state index contributed by atoms with van der Waals surface area (Å²) in [5.41, 5.74) is 13.4. The van der Waals surface area contributed by atoms with E-state index >= 15 is 0 Å². The van der Waals surface area contributed by atoms with Gasteiger partial charge in [0.1, 0.15) is 0 Å². The monoisotopic (exact) mass is 319 g/mol. The highest BCUT2D eigenvalue weighted by Crippen LogP contribution is 2.26. The maximum atomic E-state index is 6.14. The van der Waals surface area contributed by atoms with E-state index in [1.165, 1.54) is 11.1 Å². The lowest BCUT2D eigenvalue weighted by atomic mass is 9.99. The minimum absolute atomic E-state index is 0.405. The lowest BCUT2D eigenvalue weighted by Gasteiger charge is -2.06. The van der Waals surface area contributed by atoms with Crippen LogP contribution in [0.15, 0.2) is 40.9 Å². The van der Waals surface area contributed by atoms with Gasteiger partial charge in [-0.3, -0.25) is 0 Å². The van der Waals surface area contributed by atoms with E-state index in [-0.39, 0.29) is 0 Å². The number of aromatic nitrogens is 2. The van der Waals surface area contributed by atoms with Gasteiger partial charge in [-0.05, 0) is 44.4 Å². The first-order valence-corrected chi connectivity index (χ1v) is 7.90. The average molecular weight is 319 g/mol. The molecule has 0 bridgehead atoms. The van der Waals surface area contributed by atoms with Crippen LogP contribution >= 0.6 is 0 Å². The smallest absolute Gasteiger partial charge is 0.253 e. The van der Waals surface area contributed by atoms with Crippen molar-refractivity contribution >= 4 is 11.8 Å². The fourth-order valence-electron chi connectivity index (χ4n) is 2.89. The Balaban J connectivity index is 1.94. The summed E-state index contributed by atoms with van der Waals surface area (Å²) in [6, 6.07) is 12.2. The van der Waals surface area contributed by atoms with Gasteiger partial charge in [0, 0.05) is 17.3 Å². The van der Waals surface area contributed by atoms with Gasteiger partial charge in [0.2, 0.25) is 5.82 Å². The Hall–Kier alpha value is -2.88. The van der Waals surface area contributed by atoms with Gasteiger partial charge >= 0.3 is 0 Å². The van der Waals surface area contributed by atoms with Crippen LogP contribution in [0.3, 0.4) is 0 Å². The first-order chi connectivity index (χ1) is 11.4. The highest BCUT2D eigenvalue weighted by atomic mass is 16.5. The van der Waals surface area contributed by atoms with Gasteiger partial charge in [-0.25, -0.2) is 0 Å². The molecule has 2 aromatic carbocycles. The zero-order valence-electron chi connectivity index (χ0n) is 14.4. The molecule has 0 saturated carbocycles. The SMILES string of the molecule is Cc1ccc(/C(N)=C/c2nc(-c3c(C)cc(C)cc3C)no2)cc1. The van der Waals surface area contributed by atoms with Crippen molar-refractivity contribution in [1.82, 2.24) is 10.1 Å². The summed E-state index contributed by atoms with van der Waals surface area (Å²) in [6.07, 6.45) is 1.71. The van der Waals surface area contributed by atoms with E-state index in [0.717, 1.165) is 22.3 Å². The number of aryl methyl sites for hydroxylation is 4. The van der Waals surface area contributed by atoms with Gasteiger partial charge in [-0.1, -0.05) is 52.7 Å². The molecule has 0 atom stereocenters. The van der Waals surface area contributed by atoms with Gasteiger partial charge in [-0.15, -0.1) is 0 Å². The van der Waals surface area contributed by atoms with E-state index in [1.807, 2.05) is 31.2 Å². The lowest BCUT2D eigenvalue weighted by molar-refractivity contribution is 0.411. The van der Waals surface area contributed by atoms with Crippen molar-refractivity contribution in [3.8, 4) is 11.4 Å². The minimum Gasteiger partial charge on any atom is -0.398 e. The molecule has 0 spiro atoms. The molecule has 0 unspecified atom stereocenters. The molecule has 24 heavy (non-hydrogen) atoms. The molecule has 2 N–H and O–H groups in total. The number of nitrogens with two attached hydrogens (primary N) is 1. The van der Waals surface area contributed by atoms with Crippen LogP contribution < -0.4 is 5.73 Å². The summed E-state index contributed by atoms with van der Waals surface area (Å²) >= 11 is 0. The van der Waals surface area contributed by atoms with Crippen molar-refractivity contribution < 1.29 is 4.52 Å². The molecule has 1 aromatic heterocycles. The van der Waals surface area contributed by atoms with Crippen LogP contribution in [0.4, 0.5) is 0 Å². The van der Waals surface area contributed by atoms with Crippen molar-refractivity contribution in [2.75, 3.05) is 0 Å². The molecule has 0 aliphatic rings. The molecule has 0 aliphatic carbocycles. The zero-order valence-corrected chi connectivity index (χ0v) is 14.4. The summed E-state index contributed by atoms with van der Waals surface area (Å²) in [4.78, 5) is 4.48. The first-order valence-electron chi connectivity index (χ1n) is 7.90. The van der Waals surface area contributed by atoms with Gasteiger partial charge in [0.25, 0.3) is 5.89 Å². The third kappa shape index (κ3) is 3.23. The van der Waals surface area contributed by atoms with Crippen molar-refractivity contribution in [2.45, 2.75) is 27.7 Å². The van der Waals surface area contributed by atoms with E-state index < -0.39 is 0 Å². The summed E-state index contributed by atoms with van der Waals surface area (Å²) < 4.78 is 5.36. The van der Waals surface area contributed by atoms with Crippen molar-refractivity contribution in [3.63, 3.8) is 0 Å². The summed E-state index contributed by atoms with van der Waals surface area (Å²) in [5, 5.41) is 4.11. The molecule has 0 aliphatic heterocycles. The van der Waals surface area contributed by atoms with E-state index in [9.17, 15) is 0 Å². The van der Waals surface area contributed by atoms with Crippen LogP contribution in [-0.4, -0.2) is 10.1 Å². The standard InChI is InChI=1S/C20H21N3O/c1-12-5-7-16(8-6-12)17(21)11-18-22-20(23-24-18)19-14(3)9-13(2)10-15(19)4/h5-11H,21H2,1-4H3/b17-11-. The predicted molar refractivity (Wildman–Crippen MR) is 97.2 cm³/mol. The second-order valence-electron chi connectivity index (χ2n) is 6.20. The molecule has 3 rings (SSSR count). The molecule has 4 nitrogen and oxygen atoms in total. The number of nitrogens with zero attached hydrogens (tertiary/aromatic N) is 2. The first kappa shape index (κ1) is 16.0. The van der Waals surface area contributed by atoms with E-state index in [2.05, 4.69) is 43.0 Å². The maximum Gasteiger partial charge on any atom is 0.253 e. The van der Waals surface area contributed by atoms with Crippen LogP contribution in [0.25, 0.3) is 23.2 Å². The van der Waals surface area contributed by atoms with Crippen LogP contribution in [-0.2, 0) is 0 Å². The normalized spacial score (nSPS) is 11.8. The average Bonchev–Trinajstić information content (AvgIpc) is 2.95. The fraction of sp³-hybridized carbons (Fsp3) is 0.200. The Morgan fingerprint density at radius 2 is 1.58 bits per heavy atom. The third-order valence-electron chi connectivity index (χ3n) is 4.01. The van der Waals surface area contributed by atoms with Crippen molar-refractivity contribution in [1.29, 1.82) is 0 Å². The predicted octanol–water partition coefficient (Wildman–Crippen LogP) is 4.43. The number of hydrogen-bond acceptors (Lipinski definition) is 4. The Labute approximate surface area is 142 Å². The second kappa shape index (κ2) is 6.32. The molecular weight excluding hydrogens is 298 g/mol. The molecule has 1 heterocycles. The Morgan fingerprint density at radius 1 is 0.958 bits per heavy atom. The lowest BCUT2D eigenvalue weighted by Crippen LogP contribution is -1.96. The van der Waals surface area contributed by atoms with Crippen molar-refractivity contribution in [2.24, 2.45) is 5.73 Å². The van der Waals surface area contributed by atoms with Crippen molar-refractivity contribution in [3.05, 3.63) is 70.1 Å². The zero-order chi connectivity index (χ0) is 17.3. The molecule has 4 heteroatoms. The van der Waals surface area contributed by atoms with Gasteiger partial charge in [-0.2, -0.15) is 4.98 Å². The molecule has 122 valence electrons. The van der Waals surface area contributed by atoms with Crippen LogP contribution in [0, 0.1) is 27.7 Å². The van der Waals surface area contributed by atoms with Gasteiger partial charge in [0.05, 0.1) is 0 Å². The maximum absolute atomic E-state index is 6.14. The Morgan fingerprint density at radius 3 is 2.21 bits per heavy atom. The Bertz CT molecular complexity index is 882. The van der Waals surface area contributed by atoms with Crippen LogP contribution in [0.5, 0.6) is 0 Å². The fourth-order valence-corrected chi connectivity index (χ4v) is 2.89. The Kier molecular flexibility index (Phi) is 4.21. The third-order valence-corrected chi connectivity index (χ3v) is 4.01. The van der Waals surface area contributed by atoms with E-state index in [1.54, 1.807) is 6.08 Å². The topological polar surface area (TPSA) is 64.9 Å². The highest BCUT2D eigenvalue weighted by Gasteiger charge is 2.13. The van der Waals surface area contributed by atoms with Gasteiger partial charge < -0.3 is 10.3 Å². The molecule has 0 amide bonds. The number of benzene rings is 2. The minimum atomic E-state index is 0.405. The van der Waals surface area contributed by atoms with Crippen LogP contribution in [0.2, 0.25) is 0 Å². The summed E-state index contributed by atoms with van der Waals surface area (Å²) in [5.74, 6) is 0.996. The van der Waals surface area contributed by atoms with E-state index in [4.69, 9.17) is 10.3 Å². The van der Waals surface area contributed by atoms with Gasteiger partial charge in [0.15, 0.2) is 0 Å². The summed E-state index contributed by atoms with van der Waals surface area (Å²) in [6.45, 7) is 8.24. The number of hydrogen-bond donors (Lipinski definition) is 1. The molecule has 0 fully saturated rings. The molecule has 3 aromatic rings. The summed E-state index contributed by atoms with van der Waals surface area (Å²) in [7, 11) is 0. The highest BCUT2D eigenvalue weighted by molar-refractivity contribution is 5.77. The molecule has 0 radical (unpaired) electrons. The number of rotatable bonds is 3. The second-order valence-corrected chi connectivity index (χ2v) is 6.20.